The standard InChI is InChI=1S/C24H27ClFN3O4/c1-16-20(17(2)30)22(33-13-11-29-15-27-14-28-29)24(23(31-3)21(16)25)32-12-7-6-9-18-8-4-5-10-19(18)26/h4-5,8,10,14-15H,6-7,9,11-13H2,1-3H3. The Labute approximate surface area is 197 Å². The SMILES string of the molecule is COc1c(Cl)c(C)c(C(C)=O)c(OCCn2cncn2)c1OCCCCc1ccccc1F. The Morgan fingerprint density at radius 2 is 1.88 bits per heavy atom. The van der Waals surface area contributed by atoms with Crippen LogP contribution in [0, 0.1) is 12.7 Å². The van der Waals surface area contributed by atoms with Crippen LogP contribution in [-0.4, -0.2) is 40.9 Å². The lowest BCUT2D eigenvalue weighted by atomic mass is 10.0. The summed E-state index contributed by atoms with van der Waals surface area (Å²) in [5.74, 6) is 0.471. The van der Waals surface area contributed by atoms with Gasteiger partial charge < -0.3 is 14.2 Å². The van der Waals surface area contributed by atoms with E-state index in [0.29, 0.717) is 53.5 Å². The summed E-state index contributed by atoms with van der Waals surface area (Å²) in [4.78, 5) is 16.4. The van der Waals surface area contributed by atoms with Crippen LogP contribution in [0.2, 0.25) is 5.02 Å². The number of carbonyl (C=O) groups excluding carboxylic acids is 1. The Hall–Kier alpha value is -3.13. The summed E-state index contributed by atoms with van der Waals surface area (Å²) in [6.07, 6.45) is 5.01. The van der Waals surface area contributed by atoms with Gasteiger partial charge in [0.2, 0.25) is 5.75 Å². The highest BCUT2D eigenvalue weighted by Gasteiger charge is 2.27. The molecule has 1 aromatic heterocycles. The molecule has 0 aliphatic rings. The van der Waals surface area contributed by atoms with Crippen molar-refractivity contribution >= 4 is 17.4 Å². The smallest absolute Gasteiger partial charge is 0.205 e. The summed E-state index contributed by atoms with van der Waals surface area (Å²) in [6, 6.07) is 6.73. The Kier molecular flexibility index (Phi) is 8.65. The van der Waals surface area contributed by atoms with Crippen molar-refractivity contribution in [1.29, 1.82) is 0 Å². The zero-order chi connectivity index (χ0) is 23.8. The molecule has 33 heavy (non-hydrogen) atoms. The van der Waals surface area contributed by atoms with Gasteiger partial charge in [-0.2, -0.15) is 5.10 Å². The highest BCUT2D eigenvalue weighted by atomic mass is 35.5. The van der Waals surface area contributed by atoms with Gasteiger partial charge in [0.05, 0.1) is 30.8 Å². The lowest BCUT2D eigenvalue weighted by Gasteiger charge is -2.21. The van der Waals surface area contributed by atoms with E-state index >= 15 is 0 Å². The first-order chi connectivity index (χ1) is 15.9. The molecule has 0 unspecified atom stereocenters. The van der Waals surface area contributed by atoms with Crippen LogP contribution in [0.15, 0.2) is 36.9 Å². The summed E-state index contributed by atoms with van der Waals surface area (Å²) in [5, 5.41) is 4.35. The number of hydrogen-bond donors (Lipinski definition) is 0. The first-order valence-electron chi connectivity index (χ1n) is 10.7. The Morgan fingerprint density at radius 3 is 2.55 bits per heavy atom. The van der Waals surface area contributed by atoms with Gasteiger partial charge in [-0.25, -0.2) is 14.1 Å². The summed E-state index contributed by atoms with van der Waals surface area (Å²) in [6.45, 7) is 4.18. The fourth-order valence-electron chi connectivity index (χ4n) is 3.52. The minimum Gasteiger partial charge on any atom is -0.491 e. The average Bonchev–Trinajstić information content (AvgIpc) is 3.31. The zero-order valence-electron chi connectivity index (χ0n) is 18.9. The fourth-order valence-corrected chi connectivity index (χ4v) is 3.78. The third-order valence-electron chi connectivity index (χ3n) is 5.18. The van der Waals surface area contributed by atoms with E-state index in [1.165, 1.54) is 26.4 Å². The highest BCUT2D eigenvalue weighted by Crippen LogP contribution is 2.48. The number of aryl methyl sites for hydroxylation is 1. The van der Waals surface area contributed by atoms with Gasteiger partial charge in [-0.15, -0.1) is 0 Å². The number of Topliss-reactive ketones (excluding diaryl/α,β-unsaturated/α-hetero) is 1. The number of aromatic nitrogens is 3. The van der Waals surface area contributed by atoms with Crippen LogP contribution in [0.4, 0.5) is 4.39 Å². The zero-order valence-corrected chi connectivity index (χ0v) is 19.7. The molecule has 9 heteroatoms. The first kappa shape index (κ1) is 24.5. The maximum atomic E-state index is 13.8. The second kappa shape index (κ2) is 11.7. The third-order valence-corrected chi connectivity index (χ3v) is 5.63. The predicted octanol–water partition coefficient (Wildman–Crippen LogP) is 5.07. The maximum Gasteiger partial charge on any atom is 0.205 e. The normalized spacial score (nSPS) is 10.8. The molecule has 7 nitrogen and oxygen atoms in total. The molecule has 1 heterocycles. The van der Waals surface area contributed by atoms with Crippen molar-refractivity contribution in [2.24, 2.45) is 0 Å². The van der Waals surface area contributed by atoms with Crippen molar-refractivity contribution < 1.29 is 23.4 Å². The number of benzene rings is 2. The van der Waals surface area contributed by atoms with E-state index in [0.717, 1.165) is 6.42 Å². The minimum absolute atomic E-state index is 0.197. The maximum absolute atomic E-state index is 13.8. The van der Waals surface area contributed by atoms with E-state index in [2.05, 4.69) is 10.1 Å². The molecule has 0 radical (unpaired) electrons. The second-order valence-corrected chi connectivity index (χ2v) is 7.84. The molecule has 0 aliphatic heterocycles. The minimum atomic E-state index is -0.209. The Bertz CT molecular complexity index is 1090. The van der Waals surface area contributed by atoms with Crippen molar-refractivity contribution in [3.8, 4) is 17.2 Å². The van der Waals surface area contributed by atoms with Crippen LogP contribution in [0.3, 0.4) is 0 Å². The molecule has 0 saturated heterocycles. The van der Waals surface area contributed by atoms with Crippen molar-refractivity contribution in [3.63, 3.8) is 0 Å². The van der Waals surface area contributed by atoms with Gasteiger partial charge in [-0.1, -0.05) is 29.8 Å². The van der Waals surface area contributed by atoms with Crippen molar-refractivity contribution in [1.82, 2.24) is 14.8 Å². The van der Waals surface area contributed by atoms with Gasteiger partial charge in [-0.3, -0.25) is 4.79 Å². The van der Waals surface area contributed by atoms with Gasteiger partial charge in [0.1, 0.15) is 25.1 Å². The second-order valence-electron chi connectivity index (χ2n) is 7.47. The van der Waals surface area contributed by atoms with E-state index in [4.69, 9.17) is 25.8 Å². The molecular formula is C24H27ClFN3O4. The summed E-state index contributed by atoms with van der Waals surface area (Å²) >= 11 is 6.50. The van der Waals surface area contributed by atoms with Crippen molar-refractivity contribution in [3.05, 3.63) is 64.5 Å². The molecule has 2 aromatic carbocycles. The van der Waals surface area contributed by atoms with Crippen LogP contribution in [-0.2, 0) is 13.0 Å². The van der Waals surface area contributed by atoms with E-state index < -0.39 is 0 Å². The Balaban J connectivity index is 1.76. The van der Waals surface area contributed by atoms with Gasteiger partial charge in [-0.05, 0) is 50.3 Å². The molecular weight excluding hydrogens is 449 g/mol. The number of carbonyl (C=O) groups is 1. The topological polar surface area (TPSA) is 75.5 Å². The van der Waals surface area contributed by atoms with E-state index in [9.17, 15) is 9.18 Å². The summed E-state index contributed by atoms with van der Waals surface area (Å²) in [7, 11) is 1.48. The van der Waals surface area contributed by atoms with Crippen LogP contribution in [0.1, 0.15) is 41.3 Å². The summed E-state index contributed by atoms with van der Waals surface area (Å²) in [5.41, 5.74) is 1.58. The summed E-state index contributed by atoms with van der Waals surface area (Å²) < 4.78 is 33.0. The van der Waals surface area contributed by atoms with E-state index in [1.54, 1.807) is 30.1 Å². The Morgan fingerprint density at radius 1 is 1.12 bits per heavy atom. The quantitative estimate of drug-likeness (QED) is 0.269. The largest absolute Gasteiger partial charge is 0.491 e. The number of rotatable bonds is 12. The van der Waals surface area contributed by atoms with Gasteiger partial charge in [0.25, 0.3) is 0 Å². The third kappa shape index (κ3) is 6.01. The molecule has 0 N–H and O–H groups in total. The number of nitrogens with zero attached hydrogens (tertiary/aromatic N) is 3. The van der Waals surface area contributed by atoms with E-state index in [1.807, 2.05) is 6.07 Å². The average molecular weight is 476 g/mol. The molecule has 176 valence electrons. The van der Waals surface area contributed by atoms with Crippen LogP contribution < -0.4 is 14.2 Å². The van der Waals surface area contributed by atoms with Crippen LogP contribution in [0.25, 0.3) is 0 Å². The molecule has 0 amide bonds. The van der Waals surface area contributed by atoms with Gasteiger partial charge in [0, 0.05) is 0 Å². The number of ether oxygens (including phenoxy) is 3. The number of halogens is 2. The van der Waals surface area contributed by atoms with Gasteiger partial charge >= 0.3 is 0 Å². The fraction of sp³-hybridized carbons (Fsp3) is 0.375. The van der Waals surface area contributed by atoms with Crippen molar-refractivity contribution in [2.45, 2.75) is 39.7 Å². The molecule has 0 saturated carbocycles. The monoisotopic (exact) mass is 475 g/mol. The number of hydrogen-bond acceptors (Lipinski definition) is 6. The molecule has 0 atom stereocenters. The number of methoxy groups -OCH3 is 1. The van der Waals surface area contributed by atoms with Crippen LogP contribution >= 0.6 is 11.6 Å². The number of unbranched alkanes of at least 4 members (excludes halogenated alkanes) is 1. The highest BCUT2D eigenvalue weighted by molar-refractivity contribution is 6.34. The van der Waals surface area contributed by atoms with Crippen LogP contribution in [0.5, 0.6) is 17.2 Å². The lowest BCUT2D eigenvalue weighted by Crippen LogP contribution is -2.13. The van der Waals surface area contributed by atoms with Crippen molar-refractivity contribution in [2.75, 3.05) is 20.3 Å². The predicted molar refractivity (Wildman–Crippen MR) is 123 cm³/mol. The van der Waals surface area contributed by atoms with Gasteiger partial charge in [0.15, 0.2) is 17.3 Å². The molecule has 3 aromatic rings. The molecule has 0 bridgehead atoms. The molecule has 0 fully saturated rings. The number of ketones is 1. The molecule has 0 aliphatic carbocycles. The molecule has 3 rings (SSSR count). The lowest BCUT2D eigenvalue weighted by molar-refractivity contribution is 0.101. The first-order valence-corrected chi connectivity index (χ1v) is 11.0. The van der Waals surface area contributed by atoms with E-state index in [-0.39, 0.29) is 29.7 Å². The molecule has 0 spiro atoms.